The van der Waals surface area contributed by atoms with E-state index in [1.54, 1.807) is 6.07 Å². The molecule has 0 aliphatic carbocycles. The maximum absolute atomic E-state index is 13.5. The number of carbonyl (C=O) groups is 2. The molecule has 2 aromatic carbocycles. The van der Waals surface area contributed by atoms with Gasteiger partial charge in [-0.05, 0) is 37.1 Å². The van der Waals surface area contributed by atoms with Gasteiger partial charge in [0, 0.05) is 25.2 Å². The fourth-order valence-electron chi connectivity index (χ4n) is 3.26. The summed E-state index contributed by atoms with van der Waals surface area (Å²) in [7, 11) is -4.03. The summed E-state index contributed by atoms with van der Waals surface area (Å²) in [6.45, 7) is -0.620. The lowest BCUT2D eigenvalue weighted by molar-refractivity contribution is -0.153. The van der Waals surface area contributed by atoms with Gasteiger partial charge < -0.3 is 10.1 Å². The van der Waals surface area contributed by atoms with Gasteiger partial charge in [-0.25, -0.2) is 21.6 Å². The highest BCUT2D eigenvalue weighted by Crippen LogP contribution is 2.25. The number of nitrogens with one attached hydrogen (secondary N) is 1. The topological polar surface area (TPSA) is 92.8 Å². The van der Waals surface area contributed by atoms with Gasteiger partial charge in [-0.2, -0.15) is 4.31 Å². The van der Waals surface area contributed by atoms with Crippen molar-refractivity contribution >= 4 is 21.9 Å². The molecule has 0 bridgehead atoms. The molecule has 1 amide bonds. The Balaban J connectivity index is 1.46. The van der Waals surface area contributed by atoms with Gasteiger partial charge in [-0.3, -0.25) is 9.59 Å². The van der Waals surface area contributed by atoms with E-state index >= 15 is 0 Å². The highest BCUT2D eigenvalue weighted by atomic mass is 32.2. The Morgan fingerprint density at radius 2 is 1.69 bits per heavy atom. The molecule has 0 aromatic heterocycles. The zero-order valence-corrected chi connectivity index (χ0v) is 17.7. The van der Waals surface area contributed by atoms with Crippen LogP contribution >= 0.6 is 0 Å². The van der Waals surface area contributed by atoms with Gasteiger partial charge in [0.1, 0.15) is 5.82 Å². The number of halogens is 3. The molecule has 1 aliphatic rings. The van der Waals surface area contributed by atoms with Crippen molar-refractivity contribution in [2.45, 2.75) is 24.3 Å². The minimum Gasteiger partial charge on any atom is -0.455 e. The summed E-state index contributed by atoms with van der Waals surface area (Å²) < 4.78 is 71.3. The van der Waals surface area contributed by atoms with Crippen molar-refractivity contribution in [1.29, 1.82) is 0 Å². The van der Waals surface area contributed by atoms with E-state index in [4.69, 9.17) is 4.74 Å². The van der Waals surface area contributed by atoms with E-state index in [1.807, 2.05) is 0 Å². The molecule has 1 saturated heterocycles. The fourth-order valence-corrected chi connectivity index (χ4v) is 4.74. The van der Waals surface area contributed by atoms with Gasteiger partial charge >= 0.3 is 5.97 Å². The minimum atomic E-state index is -4.03. The number of amides is 1. The average Bonchev–Trinajstić information content (AvgIpc) is 2.78. The number of hydrogen-bond acceptors (Lipinski definition) is 5. The van der Waals surface area contributed by atoms with Gasteiger partial charge in [-0.15, -0.1) is 0 Å². The van der Waals surface area contributed by atoms with E-state index in [2.05, 4.69) is 5.32 Å². The average molecular weight is 470 g/mol. The van der Waals surface area contributed by atoms with Crippen LogP contribution in [-0.2, 0) is 30.9 Å². The second-order valence-corrected chi connectivity index (χ2v) is 9.17. The van der Waals surface area contributed by atoms with Gasteiger partial charge in [0.25, 0.3) is 5.91 Å². The van der Waals surface area contributed by atoms with Crippen LogP contribution in [0.1, 0.15) is 18.4 Å². The second kappa shape index (κ2) is 10.1. The van der Waals surface area contributed by atoms with Gasteiger partial charge in [0.2, 0.25) is 10.0 Å². The van der Waals surface area contributed by atoms with E-state index in [0.29, 0.717) is 11.6 Å². The SMILES string of the molecule is O=C(COC(=O)C1CCN(S(=O)(=O)c2ccc(F)c(F)c2)CC1)NCc1ccccc1F. The van der Waals surface area contributed by atoms with Crippen LogP contribution in [0.2, 0.25) is 0 Å². The quantitative estimate of drug-likeness (QED) is 0.628. The predicted octanol–water partition coefficient (Wildman–Crippen LogP) is 2.36. The van der Waals surface area contributed by atoms with Crippen LogP contribution < -0.4 is 5.32 Å². The molecule has 2 aromatic rings. The third-order valence-electron chi connectivity index (χ3n) is 5.10. The van der Waals surface area contributed by atoms with E-state index in [1.165, 1.54) is 18.2 Å². The highest BCUT2D eigenvalue weighted by Gasteiger charge is 2.33. The van der Waals surface area contributed by atoms with E-state index in [9.17, 15) is 31.2 Å². The summed E-state index contributed by atoms with van der Waals surface area (Å²) >= 11 is 0. The van der Waals surface area contributed by atoms with Crippen LogP contribution in [0.4, 0.5) is 13.2 Å². The van der Waals surface area contributed by atoms with E-state index in [-0.39, 0.29) is 37.4 Å². The van der Waals surface area contributed by atoms with Crippen molar-refractivity contribution in [3.63, 3.8) is 0 Å². The van der Waals surface area contributed by atoms with Crippen LogP contribution in [0.15, 0.2) is 47.4 Å². The molecule has 1 fully saturated rings. The molecule has 0 spiro atoms. The van der Waals surface area contributed by atoms with Crippen molar-refractivity contribution in [2.24, 2.45) is 5.92 Å². The Morgan fingerprint density at radius 3 is 2.34 bits per heavy atom. The number of ether oxygens (including phenoxy) is 1. The van der Waals surface area contributed by atoms with Crippen LogP contribution in [0.3, 0.4) is 0 Å². The summed E-state index contributed by atoms with van der Waals surface area (Å²) in [5, 5.41) is 2.45. The molecule has 172 valence electrons. The van der Waals surface area contributed by atoms with Gasteiger partial charge in [0.15, 0.2) is 18.2 Å². The number of nitrogens with zero attached hydrogens (tertiary/aromatic N) is 1. The Morgan fingerprint density at radius 1 is 1.00 bits per heavy atom. The lowest BCUT2D eigenvalue weighted by Crippen LogP contribution is -2.41. The molecule has 0 atom stereocenters. The first kappa shape index (κ1) is 23.7. The fraction of sp³-hybridized carbons (Fsp3) is 0.333. The predicted molar refractivity (Wildman–Crippen MR) is 107 cm³/mol. The van der Waals surface area contributed by atoms with Crippen molar-refractivity contribution < 1.29 is 35.9 Å². The van der Waals surface area contributed by atoms with Crippen molar-refractivity contribution in [3.05, 3.63) is 65.5 Å². The summed E-state index contributed by atoms with van der Waals surface area (Å²) in [6.07, 6.45) is 0.303. The maximum Gasteiger partial charge on any atom is 0.309 e. The number of hydrogen-bond donors (Lipinski definition) is 1. The van der Waals surface area contributed by atoms with Gasteiger partial charge in [0.05, 0.1) is 10.8 Å². The van der Waals surface area contributed by atoms with Crippen LogP contribution in [-0.4, -0.2) is 44.3 Å². The molecule has 1 heterocycles. The minimum absolute atomic E-state index is 0.0133. The van der Waals surface area contributed by atoms with Crippen LogP contribution in [0.25, 0.3) is 0 Å². The molecule has 0 saturated carbocycles. The van der Waals surface area contributed by atoms with E-state index < -0.39 is 51.9 Å². The number of carbonyl (C=O) groups excluding carboxylic acids is 2. The molecular formula is C21H21F3N2O5S. The number of esters is 1. The molecule has 7 nitrogen and oxygen atoms in total. The molecule has 0 unspecified atom stereocenters. The van der Waals surface area contributed by atoms with E-state index in [0.717, 1.165) is 16.4 Å². The Labute approximate surface area is 183 Å². The Bertz CT molecular complexity index is 1100. The largest absolute Gasteiger partial charge is 0.455 e. The summed E-state index contributed by atoms with van der Waals surface area (Å²) in [4.78, 5) is 23.7. The Hall–Kier alpha value is -2.92. The highest BCUT2D eigenvalue weighted by molar-refractivity contribution is 7.89. The summed E-state index contributed by atoms with van der Waals surface area (Å²) in [5.41, 5.74) is 0.293. The number of benzene rings is 2. The number of sulfonamides is 1. The lowest BCUT2D eigenvalue weighted by Gasteiger charge is -2.30. The smallest absolute Gasteiger partial charge is 0.309 e. The molecule has 11 heteroatoms. The first-order valence-corrected chi connectivity index (χ1v) is 11.2. The molecule has 3 rings (SSSR count). The molecular weight excluding hydrogens is 449 g/mol. The second-order valence-electron chi connectivity index (χ2n) is 7.23. The molecule has 32 heavy (non-hydrogen) atoms. The lowest BCUT2D eigenvalue weighted by atomic mass is 9.98. The Kier molecular flexibility index (Phi) is 7.52. The maximum atomic E-state index is 13.5. The zero-order chi connectivity index (χ0) is 23.3. The third-order valence-corrected chi connectivity index (χ3v) is 6.99. The number of piperidine rings is 1. The van der Waals surface area contributed by atoms with Crippen molar-refractivity contribution in [3.8, 4) is 0 Å². The molecule has 1 N–H and O–H groups in total. The monoisotopic (exact) mass is 470 g/mol. The summed E-state index contributed by atoms with van der Waals surface area (Å²) in [6, 6.07) is 8.27. The van der Waals surface area contributed by atoms with Crippen molar-refractivity contribution in [2.75, 3.05) is 19.7 Å². The zero-order valence-electron chi connectivity index (χ0n) is 16.9. The third kappa shape index (κ3) is 5.65. The standard InChI is InChI=1S/C21H21F3N2O5S/c22-17-4-2-1-3-15(17)12-25-20(27)13-31-21(28)14-7-9-26(10-8-14)32(29,30)16-5-6-18(23)19(24)11-16/h1-6,11,14H,7-10,12-13H2,(H,25,27). The first-order chi connectivity index (χ1) is 15.2. The molecule has 0 radical (unpaired) electrons. The normalized spacial score (nSPS) is 15.3. The number of rotatable bonds is 7. The van der Waals surface area contributed by atoms with Crippen LogP contribution in [0, 0.1) is 23.4 Å². The van der Waals surface area contributed by atoms with Crippen molar-refractivity contribution in [1.82, 2.24) is 9.62 Å². The summed E-state index contributed by atoms with van der Waals surface area (Å²) in [5.74, 6) is -4.72. The van der Waals surface area contributed by atoms with Crippen LogP contribution in [0.5, 0.6) is 0 Å². The molecule has 1 aliphatic heterocycles. The van der Waals surface area contributed by atoms with Gasteiger partial charge in [-0.1, -0.05) is 18.2 Å². The first-order valence-electron chi connectivity index (χ1n) is 9.80.